The number of aliphatic imine (C=N–C) groups is 1. The van der Waals surface area contributed by atoms with E-state index in [1.807, 2.05) is 19.1 Å². The largest absolute Gasteiger partial charge is 0.331 e. The molecule has 39 heavy (non-hydrogen) atoms. The maximum Gasteiger partial charge on any atom is 0.321 e. The maximum absolute atomic E-state index is 15.4. The number of urea groups is 1. The van der Waals surface area contributed by atoms with Crippen LogP contribution >= 0.6 is 23.2 Å². The van der Waals surface area contributed by atoms with E-state index in [4.69, 9.17) is 23.2 Å². The first-order valence-electron chi connectivity index (χ1n) is 12.3. The molecule has 1 aliphatic carbocycles. The van der Waals surface area contributed by atoms with Gasteiger partial charge in [-0.05, 0) is 73.6 Å². The van der Waals surface area contributed by atoms with Gasteiger partial charge < -0.3 is 10.2 Å². The first-order chi connectivity index (χ1) is 18.6. The van der Waals surface area contributed by atoms with Gasteiger partial charge in [-0.3, -0.25) is 19.3 Å². The molecule has 3 aromatic rings. The summed E-state index contributed by atoms with van der Waals surface area (Å²) in [4.78, 5) is 35.2. The topological polar surface area (TPSA) is 79.6 Å². The van der Waals surface area contributed by atoms with Gasteiger partial charge in [0.15, 0.2) is 5.82 Å². The number of hydrogen-bond acceptors (Lipinski definition) is 4. The molecule has 2 aromatic heterocycles. The first kappa shape index (κ1) is 28.3. The van der Waals surface area contributed by atoms with E-state index in [0.717, 1.165) is 17.5 Å². The van der Waals surface area contributed by atoms with E-state index < -0.39 is 11.8 Å². The number of amides is 2. The number of nitrogens with zero attached hydrogens (tertiary/aromatic N) is 4. The number of aromatic nitrogens is 2. The Labute approximate surface area is 236 Å². The van der Waals surface area contributed by atoms with Crippen LogP contribution in [0.25, 0.3) is 6.20 Å². The number of rotatable bonds is 7. The number of anilines is 1. The SMILES string of the molecule is C/C=C/N=C(/C=C/n1c(C)cc(C2CC2c2cncc(Cl)c2)c(Cl)c1=O)c1cccc(NC(=O)N(C)C)c1F. The Morgan fingerprint density at radius 3 is 2.69 bits per heavy atom. The monoisotopic (exact) mass is 567 g/mol. The maximum atomic E-state index is 15.4. The quantitative estimate of drug-likeness (QED) is 0.317. The van der Waals surface area contributed by atoms with Crippen LogP contribution in [0.2, 0.25) is 10.0 Å². The van der Waals surface area contributed by atoms with Crippen molar-refractivity contribution in [1.29, 1.82) is 0 Å². The van der Waals surface area contributed by atoms with Crippen molar-refractivity contribution in [3.05, 3.63) is 110 Å². The lowest BCUT2D eigenvalue weighted by Crippen LogP contribution is -2.28. The number of benzene rings is 1. The third-order valence-electron chi connectivity index (χ3n) is 6.42. The van der Waals surface area contributed by atoms with Crippen LogP contribution in [0.15, 0.2) is 70.9 Å². The van der Waals surface area contributed by atoms with E-state index in [9.17, 15) is 9.59 Å². The summed E-state index contributed by atoms with van der Waals surface area (Å²) in [7, 11) is 3.13. The zero-order valence-corrected chi connectivity index (χ0v) is 23.5. The molecule has 0 aliphatic heterocycles. The molecule has 0 bridgehead atoms. The molecule has 1 fully saturated rings. The second-order valence-electron chi connectivity index (χ2n) is 9.42. The Hall–Kier alpha value is -3.75. The van der Waals surface area contributed by atoms with Crippen molar-refractivity contribution < 1.29 is 9.18 Å². The summed E-state index contributed by atoms with van der Waals surface area (Å²) in [6.45, 7) is 3.59. The van der Waals surface area contributed by atoms with Crippen molar-refractivity contribution in [2.24, 2.45) is 4.99 Å². The standard InChI is InChI=1S/C29H28Cl2FN5O2/c1-5-10-34-24(20-7-6-8-25(27(20)32)35-29(39)36(3)4)9-11-37-17(2)12-23(26(31)28(37)38)22-14-21(22)18-13-19(30)16-33-15-18/h5-13,15-16,21-22H,14H2,1-4H3,(H,35,39)/b10-5+,11-9+,34-24-. The van der Waals surface area contributed by atoms with Crippen molar-refractivity contribution in [2.45, 2.75) is 32.1 Å². The fourth-order valence-electron chi connectivity index (χ4n) is 4.30. The van der Waals surface area contributed by atoms with Crippen LogP contribution in [0.4, 0.5) is 14.9 Å². The Balaban J connectivity index is 1.65. The van der Waals surface area contributed by atoms with Crippen LogP contribution in [0.3, 0.4) is 0 Å². The Morgan fingerprint density at radius 1 is 1.23 bits per heavy atom. The predicted molar refractivity (Wildman–Crippen MR) is 156 cm³/mol. The van der Waals surface area contributed by atoms with Gasteiger partial charge in [0.2, 0.25) is 0 Å². The van der Waals surface area contributed by atoms with Crippen molar-refractivity contribution >= 4 is 46.8 Å². The predicted octanol–water partition coefficient (Wildman–Crippen LogP) is 6.86. The second-order valence-corrected chi connectivity index (χ2v) is 10.2. The third kappa shape index (κ3) is 6.29. The summed E-state index contributed by atoms with van der Waals surface area (Å²) in [6.07, 6.45) is 10.5. The van der Waals surface area contributed by atoms with Gasteiger partial charge in [0.1, 0.15) is 5.02 Å². The molecule has 2 atom stereocenters. The van der Waals surface area contributed by atoms with Crippen LogP contribution in [-0.2, 0) is 0 Å². The lowest BCUT2D eigenvalue weighted by atomic mass is 10.1. The molecule has 4 rings (SSSR count). The Kier molecular flexibility index (Phi) is 8.67. The number of pyridine rings is 2. The molecule has 2 heterocycles. The Morgan fingerprint density at radius 2 is 2.00 bits per heavy atom. The molecule has 1 aliphatic rings. The van der Waals surface area contributed by atoms with Gasteiger partial charge in [-0.15, -0.1) is 0 Å². The fraction of sp³-hybridized carbons (Fsp3) is 0.241. The number of carbonyl (C=O) groups excluding carboxylic acids is 1. The smallest absolute Gasteiger partial charge is 0.321 e. The van der Waals surface area contributed by atoms with Crippen LogP contribution < -0.4 is 10.9 Å². The number of halogens is 3. The zero-order chi connectivity index (χ0) is 28.3. The molecule has 1 N–H and O–H groups in total. The summed E-state index contributed by atoms with van der Waals surface area (Å²) >= 11 is 12.7. The minimum Gasteiger partial charge on any atom is -0.331 e. The van der Waals surface area contributed by atoms with Crippen molar-refractivity contribution in [3.8, 4) is 0 Å². The molecule has 7 nitrogen and oxygen atoms in total. The zero-order valence-electron chi connectivity index (χ0n) is 22.0. The van der Waals surface area contributed by atoms with Crippen molar-refractivity contribution in [3.63, 3.8) is 0 Å². The average molecular weight is 568 g/mol. The van der Waals surface area contributed by atoms with Crippen LogP contribution in [0.5, 0.6) is 0 Å². The van der Waals surface area contributed by atoms with E-state index in [2.05, 4.69) is 15.3 Å². The summed E-state index contributed by atoms with van der Waals surface area (Å²) in [5.74, 6) is -0.348. The van der Waals surface area contributed by atoms with Gasteiger partial charge in [-0.1, -0.05) is 35.3 Å². The van der Waals surface area contributed by atoms with Crippen molar-refractivity contribution in [1.82, 2.24) is 14.5 Å². The molecule has 0 radical (unpaired) electrons. The fourth-order valence-corrected chi connectivity index (χ4v) is 4.76. The number of hydrogen-bond donors (Lipinski definition) is 1. The van der Waals surface area contributed by atoms with E-state index in [1.54, 1.807) is 51.6 Å². The molecule has 0 saturated heterocycles. The molecule has 202 valence electrons. The summed E-state index contributed by atoms with van der Waals surface area (Å²) < 4.78 is 16.8. The van der Waals surface area contributed by atoms with Gasteiger partial charge in [0.05, 0.1) is 16.4 Å². The molecular weight excluding hydrogens is 540 g/mol. The number of aryl methyl sites for hydroxylation is 1. The van der Waals surface area contributed by atoms with Gasteiger partial charge in [-0.25, -0.2) is 9.18 Å². The van der Waals surface area contributed by atoms with Crippen molar-refractivity contribution in [2.75, 3.05) is 19.4 Å². The minimum atomic E-state index is -0.645. The molecular formula is C29H28Cl2FN5O2. The van der Waals surface area contributed by atoms with Gasteiger partial charge in [0, 0.05) is 50.1 Å². The molecule has 1 saturated carbocycles. The summed E-state index contributed by atoms with van der Waals surface area (Å²) in [5.41, 5.74) is 2.52. The number of carbonyl (C=O) groups is 1. The van der Waals surface area contributed by atoms with Gasteiger partial charge in [-0.2, -0.15) is 0 Å². The Bertz CT molecular complexity index is 1560. The minimum absolute atomic E-state index is 0.0161. The highest BCUT2D eigenvalue weighted by molar-refractivity contribution is 6.31. The lowest BCUT2D eigenvalue weighted by Gasteiger charge is -2.14. The molecule has 0 spiro atoms. The molecule has 2 amide bonds. The normalized spacial score (nSPS) is 17.2. The van der Waals surface area contributed by atoms with Crippen LogP contribution in [0.1, 0.15) is 47.6 Å². The van der Waals surface area contributed by atoms with E-state index in [1.165, 1.54) is 34.0 Å². The van der Waals surface area contributed by atoms with E-state index in [0.29, 0.717) is 10.7 Å². The highest BCUT2D eigenvalue weighted by Gasteiger charge is 2.41. The second kappa shape index (κ2) is 12.0. The summed E-state index contributed by atoms with van der Waals surface area (Å²) in [5, 5.41) is 3.24. The molecule has 2 unspecified atom stereocenters. The van der Waals surface area contributed by atoms with Gasteiger partial charge in [0.25, 0.3) is 5.56 Å². The molecule has 10 heteroatoms. The number of nitrogens with one attached hydrogen (secondary N) is 1. The van der Waals surface area contributed by atoms with E-state index in [-0.39, 0.29) is 39.4 Å². The van der Waals surface area contributed by atoms with Crippen LogP contribution in [-0.4, -0.2) is 40.3 Å². The van der Waals surface area contributed by atoms with E-state index >= 15 is 4.39 Å². The highest BCUT2D eigenvalue weighted by Crippen LogP contribution is 2.55. The lowest BCUT2D eigenvalue weighted by molar-refractivity contribution is 0.230. The third-order valence-corrected chi connectivity index (χ3v) is 7.00. The summed E-state index contributed by atoms with van der Waals surface area (Å²) in [6, 6.07) is 7.96. The van der Waals surface area contributed by atoms with Crippen LogP contribution in [0, 0.1) is 12.7 Å². The number of allylic oxidation sites excluding steroid dienone is 2. The highest BCUT2D eigenvalue weighted by atomic mass is 35.5. The van der Waals surface area contributed by atoms with Gasteiger partial charge >= 0.3 is 6.03 Å². The first-order valence-corrected chi connectivity index (χ1v) is 13.0. The molecule has 1 aromatic carbocycles. The average Bonchev–Trinajstić information content (AvgIpc) is 3.70.